The highest BCUT2D eigenvalue weighted by Gasteiger charge is 2.25. The Hall–Kier alpha value is -2.77. The van der Waals surface area contributed by atoms with Crippen LogP contribution in [0.25, 0.3) is 0 Å². The predicted molar refractivity (Wildman–Crippen MR) is 112 cm³/mol. The Morgan fingerprint density at radius 1 is 1.14 bits per heavy atom. The summed E-state index contributed by atoms with van der Waals surface area (Å²) in [4.78, 5) is 36.4. The van der Waals surface area contributed by atoms with E-state index in [1.807, 2.05) is 11.8 Å². The molecule has 1 aromatic rings. The molecule has 29 heavy (non-hydrogen) atoms. The van der Waals surface area contributed by atoms with Crippen LogP contribution in [0.3, 0.4) is 0 Å². The van der Waals surface area contributed by atoms with Crippen LogP contribution < -0.4 is 15.0 Å². The standard InChI is InChI=1S/C21H32N2O6/c1-5-7-9-23(16(8-6-2)12-21(27)28)18-13-17(22-14(3)24)15(11-20(25)26)10-19(18)29-4/h10,13,16H,5-9,11-12H2,1-4H3,(H,22,24)(H,25,26)(H,27,28). The summed E-state index contributed by atoms with van der Waals surface area (Å²) in [6.07, 6.45) is 3.00. The second kappa shape index (κ2) is 11.9. The summed E-state index contributed by atoms with van der Waals surface area (Å²) >= 11 is 0. The molecule has 1 unspecified atom stereocenters. The van der Waals surface area contributed by atoms with Crippen LogP contribution in [0.2, 0.25) is 0 Å². The van der Waals surface area contributed by atoms with Crippen LogP contribution in [0.15, 0.2) is 12.1 Å². The van der Waals surface area contributed by atoms with Crippen molar-refractivity contribution in [1.29, 1.82) is 0 Å². The Labute approximate surface area is 171 Å². The first kappa shape index (κ1) is 24.3. The lowest BCUT2D eigenvalue weighted by molar-refractivity contribution is -0.138. The number of methoxy groups -OCH3 is 1. The summed E-state index contributed by atoms with van der Waals surface area (Å²) in [6, 6.07) is 3.06. The van der Waals surface area contributed by atoms with Crippen molar-refractivity contribution in [3.63, 3.8) is 0 Å². The molecule has 0 aliphatic carbocycles. The molecule has 0 spiro atoms. The second-order valence-electron chi connectivity index (χ2n) is 7.02. The molecule has 0 aliphatic heterocycles. The molecule has 1 atom stereocenters. The van der Waals surface area contributed by atoms with Crippen molar-refractivity contribution in [3.8, 4) is 5.75 Å². The molecule has 0 fully saturated rings. The van der Waals surface area contributed by atoms with Gasteiger partial charge in [-0.3, -0.25) is 14.4 Å². The first-order valence-electron chi connectivity index (χ1n) is 9.92. The highest BCUT2D eigenvalue weighted by molar-refractivity contribution is 5.92. The molecule has 3 N–H and O–H groups in total. The Morgan fingerprint density at radius 2 is 1.83 bits per heavy atom. The first-order valence-corrected chi connectivity index (χ1v) is 9.92. The summed E-state index contributed by atoms with van der Waals surface area (Å²) in [7, 11) is 1.49. The van der Waals surface area contributed by atoms with Crippen LogP contribution in [0.1, 0.15) is 58.4 Å². The number of carbonyl (C=O) groups is 3. The number of aliphatic carboxylic acids is 2. The maximum absolute atomic E-state index is 11.7. The molecule has 162 valence electrons. The van der Waals surface area contributed by atoms with Crippen molar-refractivity contribution >= 4 is 29.2 Å². The molecule has 1 amide bonds. The smallest absolute Gasteiger partial charge is 0.307 e. The summed E-state index contributed by atoms with van der Waals surface area (Å²) in [6.45, 7) is 6.04. The summed E-state index contributed by atoms with van der Waals surface area (Å²) in [5.74, 6) is -1.76. The van der Waals surface area contributed by atoms with E-state index in [4.69, 9.17) is 4.74 Å². The molecule has 1 rings (SSSR count). The van der Waals surface area contributed by atoms with Gasteiger partial charge in [0.25, 0.3) is 0 Å². The SMILES string of the molecule is CCCCN(c1cc(NC(C)=O)c(CC(=O)O)cc1OC)C(CCC)CC(=O)O. The van der Waals surface area contributed by atoms with Crippen LogP contribution >= 0.6 is 0 Å². The fourth-order valence-electron chi connectivity index (χ4n) is 3.34. The molecule has 0 aliphatic rings. The quantitative estimate of drug-likeness (QED) is 0.457. The van der Waals surface area contributed by atoms with Crippen molar-refractivity contribution in [3.05, 3.63) is 17.7 Å². The maximum atomic E-state index is 11.7. The molecule has 8 heteroatoms. The lowest BCUT2D eigenvalue weighted by atomic mass is 10.0. The molecule has 1 aromatic carbocycles. The van der Waals surface area contributed by atoms with Gasteiger partial charge in [-0.05, 0) is 30.5 Å². The number of carboxylic acids is 2. The number of hydrogen-bond acceptors (Lipinski definition) is 5. The number of benzene rings is 1. The number of ether oxygens (including phenoxy) is 1. The minimum atomic E-state index is -1.02. The van der Waals surface area contributed by atoms with Crippen molar-refractivity contribution in [2.24, 2.45) is 0 Å². The average molecular weight is 408 g/mol. The molecule has 0 aromatic heterocycles. The second-order valence-corrected chi connectivity index (χ2v) is 7.02. The lowest BCUT2D eigenvalue weighted by Crippen LogP contribution is -2.38. The number of hydrogen-bond donors (Lipinski definition) is 3. The number of anilines is 2. The van der Waals surface area contributed by atoms with Crippen molar-refractivity contribution < 1.29 is 29.3 Å². The normalized spacial score (nSPS) is 11.6. The van der Waals surface area contributed by atoms with Gasteiger partial charge >= 0.3 is 11.9 Å². The minimum absolute atomic E-state index is 0.0208. The van der Waals surface area contributed by atoms with Gasteiger partial charge in [-0.25, -0.2) is 0 Å². The Kier molecular flexibility index (Phi) is 9.99. The van der Waals surface area contributed by atoms with Crippen LogP contribution in [0.5, 0.6) is 5.75 Å². The highest BCUT2D eigenvalue weighted by Crippen LogP contribution is 2.37. The van der Waals surface area contributed by atoms with Gasteiger partial charge < -0.3 is 25.2 Å². The van der Waals surface area contributed by atoms with E-state index < -0.39 is 11.9 Å². The van der Waals surface area contributed by atoms with Gasteiger partial charge in [0.05, 0.1) is 25.6 Å². The monoisotopic (exact) mass is 408 g/mol. The summed E-state index contributed by atoms with van der Waals surface area (Å²) in [5.41, 5.74) is 1.47. The molecule has 0 saturated heterocycles. The van der Waals surface area contributed by atoms with E-state index in [0.717, 1.165) is 19.3 Å². The largest absolute Gasteiger partial charge is 0.495 e. The number of nitrogens with zero attached hydrogens (tertiary/aromatic N) is 1. The van der Waals surface area contributed by atoms with E-state index in [0.29, 0.717) is 35.7 Å². The zero-order valence-electron chi connectivity index (χ0n) is 17.7. The Bertz CT molecular complexity index is 719. The van der Waals surface area contributed by atoms with E-state index in [-0.39, 0.29) is 24.8 Å². The van der Waals surface area contributed by atoms with Crippen molar-refractivity contribution in [2.45, 2.75) is 65.3 Å². The highest BCUT2D eigenvalue weighted by atomic mass is 16.5. The maximum Gasteiger partial charge on any atom is 0.307 e. The number of amides is 1. The fraction of sp³-hybridized carbons (Fsp3) is 0.571. The number of nitrogens with one attached hydrogen (secondary N) is 1. The molecule has 0 bridgehead atoms. The molecule has 8 nitrogen and oxygen atoms in total. The van der Waals surface area contributed by atoms with Gasteiger partial charge in [0.1, 0.15) is 5.75 Å². The summed E-state index contributed by atoms with van der Waals surface area (Å²) in [5, 5.41) is 21.3. The van der Waals surface area contributed by atoms with E-state index in [9.17, 15) is 24.6 Å². The Morgan fingerprint density at radius 3 is 2.31 bits per heavy atom. The van der Waals surface area contributed by atoms with Gasteiger partial charge in [0.2, 0.25) is 5.91 Å². The van der Waals surface area contributed by atoms with Gasteiger partial charge in [-0.1, -0.05) is 26.7 Å². The number of carbonyl (C=O) groups excluding carboxylic acids is 1. The van der Waals surface area contributed by atoms with Gasteiger partial charge in [-0.15, -0.1) is 0 Å². The van der Waals surface area contributed by atoms with Crippen LogP contribution in [0.4, 0.5) is 11.4 Å². The number of carboxylic acid groups (broad SMARTS) is 2. The molecule has 0 heterocycles. The topological polar surface area (TPSA) is 116 Å². The van der Waals surface area contributed by atoms with Crippen molar-refractivity contribution in [1.82, 2.24) is 0 Å². The fourth-order valence-corrected chi connectivity index (χ4v) is 3.34. The van der Waals surface area contributed by atoms with E-state index >= 15 is 0 Å². The van der Waals surface area contributed by atoms with E-state index in [1.54, 1.807) is 12.1 Å². The van der Waals surface area contributed by atoms with Gasteiger partial charge in [0.15, 0.2) is 0 Å². The van der Waals surface area contributed by atoms with Crippen LogP contribution in [0, 0.1) is 0 Å². The first-order chi connectivity index (χ1) is 13.7. The molecular formula is C21H32N2O6. The summed E-state index contributed by atoms with van der Waals surface area (Å²) < 4.78 is 5.53. The average Bonchev–Trinajstić information content (AvgIpc) is 2.62. The zero-order chi connectivity index (χ0) is 22.0. The van der Waals surface area contributed by atoms with Gasteiger partial charge in [0, 0.05) is 25.2 Å². The van der Waals surface area contributed by atoms with Crippen LogP contribution in [-0.4, -0.2) is 47.8 Å². The van der Waals surface area contributed by atoms with E-state index in [2.05, 4.69) is 12.2 Å². The number of unbranched alkanes of at least 4 members (excludes halogenated alkanes) is 1. The number of rotatable bonds is 13. The van der Waals surface area contributed by atoms with E-state index in [1.165, 1.54) is 14.0 Å². The molecular weight excluding hydrogens is 376 g/mol. The van der Waals surface area contributed by atoms with Gasteiger partial charge in [-0.2, -0.15) is 0 Å². The zero-order valence-corrected chi connectivity index (χ0v) is 17.7. The third kappa shape index (κ3) is 7.63. The van der Waals surface area contributed by atoms with Crippen LogP contribution in [-0.2, 0) is 20.8 Å². The Balaban J connectivity index is 3.55. The van der Waals surface area contributed by atoms with Crippen molar-refractivity contribution in [2.75, 3.05) is 23.9 Å². The molecule has 0 saturated carbocycles. The third-order valence-corrected chi connectivity index (χ3v) is 4.59. The predicted octanol–water partition coefficient (Wildman–Crippen LogP) is 3.53. The minimum Gasteiger partial charge on any atom is -0.495 e. The molecule has 0 radical (unpaired) electrons. The lowest BCUT2D eigenvalue weighted by Gasteiger charge is -2.34. The third-order valence-electron chi connectivity index (χ3n) is 4.59.